The third kappa shape index (κ3) is 4.45. The highest BCUT2D eigenvalue weighted by Gasteiger charge is 2.43. The molecule has 7 heteroatoms. The number of carboxylic acids is 1. The van der Waals surface area contributed by atoms with Crippen molar-refractivity contribution in [1.82, 2.24) is 4.90 Å². The summed E-state index contributed by atoms with van der Waals surface area (Å²) in [4.78, 5) is 25.5. The summed E-state index contributed by atoms with van der Waals surface area (Å²) in [7, 11) is 1.47. The highest BCUT2D eigenvalue weighted by molar-refractivity contribution is 9.10. The second kappa shape index (κ2) is 7.79. The van der Waals surface area contributed by atoms with Gasteiger partial charge < -0.3 is 19.5 Å². The molecule has 126 valence electrons. The molecular weight excluding hydrogens is 366 g/mol. The number of amides is 1. The first-order valence-corrected chi connectivity index (χ1v) is 8.15. The summed E-state index contributed by atoms with van der Waals surface area (Å²) in [5.41, 5.74) is -1.03. The molecule has 6 nitrogen and oxygen atoms in total. The van der Waals surface area contributed by atoms with Gasteiger partial charge in [-0.2, -0.15) is 0 Å². The summed E-state index contributed by atoms with van der Waals surface area (Å²) >= 11 is 3.33. The lowest BCUT2D eigenvalue weighted by Gasteiger charge is -2.39. The zero-order valence-corrected chi connectivity index (χ0v) is 14.5. The number of carboxylic acid groups (broad SMARTS) is 1. The molecule has 0 spiro atoms. The van der Waals surface area contributed by atoms with Crippen LogP contribution in [0, 0.1) is 5.41 Å². The topological polar surface area (TPSA) is 76.1 Å². The summed E-state index contributed by atoms with van der Waals surface area (Å²) in [6, 6.07) is 7.18. The van der Waals surface area contributed by atoms with E-state index in [1.807, 2.05) is 12.1 Å². The lowest BCUT2D eigenvalue weighted by Crippen LogP contribution is -2.53. The van der Waals surface area contributed by atoms with Gasteiger partial charge in [-0.1, -0.05) is 15.9 Å². The van der Waals surface area contributed by atoms with Crippen molar-refractivity contribution in [2.45, 2.75) is 12.8 Å². The molecule has 1 aromatic carbocycles. The first-order valence-electron chi connectivity index (χ1n) is 7.35. The van der Waals surface area contributed by atoms with E-state index in [-0.39, 0.29) is 25.7 Å². The molecule has 23 heavy (non-hydrogen) atoms. The molecule has 1 unspecified atom stereocenters. The number of piperidine rings is 1. The van der Waals surface area contributed by atoms with Crippen molar-refractivity contribution < 1.29 is 24.2 Å². The summed E-state index contributed by atoms with van der Waals surface area (Å²) in [6.07, 6.45) is 1.15. The van der Waals surface area contributed by atoms with Gasteiger partial charge in [-0.15, -0.1) is 0 Å². The van der Waals surface area contributed by atoms with Crippen molar-refractivity contribution in [2.75, 3.05) is 33.4 Å². The number of carbonyl (C=O) groups excluding carboxylic acids is 1. The van der Waals surface area contributed by atoms with Crippen molar-refractivity contribution in [3.8, 4) is 5.75 Å². The van der Waals surface area contributed by atoms with Crippen LogP contribution in [-0.2, 0) is 14.3 Å². The number of halogens is 1. The number of benzene rings is 1. The zero-order chi connectivity index (χ0) is 16.9. The van der Waals surface area contributed by atoms with Gasteiger partial charge in [-0.25, -0.2) is 0 Å². The van der Waals surface area contributed by atoms with E-state index in [1.165, 1.54) is 7.11 Å². The van der Waals surface area contributed by atoms with E-state index in [0.717, 1.165) is 4.47 Å². The Morgan fingerprint density at radius 2 is 2.04 bits per heavy atom. The molecule has 1 aromatic rings. The Hall–Kier alpha value is -1.60. The van der Waals surface area contributed by atoms with Gasteiger partial charge in [0.15, 0.2) is 6.61 Å². The van der Waals surface area contributed by atoms with Gasteiger partial charge in [0.2, 0.25) is 0 Å². The standard InChI is InChI=1S/C16H20BrNO5/c1-22-11-16(15(20)21)7-2-8-18(10-16)14(19)9-23-13-5-3-12(17)4-6-13/h3-6H,2,7-11H2,1H3,(H,20,21). The minimum absolute atomic E-state index is 0.0969. The Labute approximate surface area is 143 Å². The molecule has 1 N–H and O–H groups in total. The maximum absolute atomic E-state index is 12.3. The lowest BCUT2D eigenvalue weighted by atomic mass is 9.80. The fourth-order valence-electron chi connectivity index (χ4n) is 2.74. The van der Waals surface area contributed by atoms with Crippen LogP contribution in [0.3, 0.4) is 0 Å². The molecule has 2 rings (SSSR count). The number of nitrogens with zero attached hydrogens (tertiary/aromatic N) is 1. The number of hydrogen-bond donors (Lipinski definition) is 1. The third-order valence-corrected chi connectivity index (χ3v) is 4.51. The Bertz CT molecular complexity index is 558. The number of carbonyl (C=O) groups is 2. The van der Waals surface area contributed by atoms with E-state index < -0.39 is 11.4 Å². The van der Waals surface area contributed by atoms with E-state index in [2.05, 4.69) is 15.9 Å². The summed E-state index contributed by atoms with van der Waals surface area (Å²) in [5.74, 6) is -0.542. The second-order valence-corrected chi connectivity index (χ2v) is 6.60. The monoisotopic (exact) mass is 385 g/mol. The minimum atomic E-state index is -1.03. The molecular formula is C16H20BrNO5. The number of aliphatic carboxylic acids is 1. The van der Waals surface area contributed by atoms with Crippen LogP contribution in [0.5, 0.6) is 5.75 Å². The maximum Gasteiger partial charge on any atom is 0.313 e. The van der Waals surface area contributed by atoms with Crippen molar-refractivity contribution in [2.24, 2.45) is 5.41 Å². The molecule has 1 atom stereocenters. The van der Waals surface area contributed by atoms with Gasteiger partial charge in [0.05, 0.1) is 6.61 Å². The predicted octanol–water partition coefficient (Wildman–Crippen LogP) is 2.17. The highest BCUT2D eigenvalue weighted by Crippen LogP contribution is 2.31. The maximum atomic E-state index is 12.3. The van der Waals surface area contributed by atoms with E-state index in [0.29, 0.717) is 25.1 Å². The molecule has 1 saturated heterocycles. The largest absolute Gasteiger partial charge is 0.484 e. The Kier molecular flexibility index (Phi) is 6.01. The molecule has 0 aliphatic carbocycles. The van der Waals surface area contributed by atoms with Crippen molar-refractivity contribution in [3.63, 3.8) is 0 Å². The van der Waals surface area contributed by atoms with Gasteiger partial charge >= 0.3 is 5.97 Å². The van der Waals surface area contributed by atoms with Crippen LogP contribution in [0.25, 0.3) is 0 Å². The number of rotatable bonds is 6. The molecule has 1 amide bonds. The van der Waals surface area contributed by atoms with Crippen LogP contribution in [-0.4, -0.2) is 55.3 Å². The number of likely N-dealkylation sites (tertiary alicyclic amines) is 1. The second-order valence-electron chi connectivity index (χ2n) is 5.68. The lowest BCUT2D eigenvalue weighted by molar-refractivity contribution is -0.159. The smallest absolute Gasteiger partial charge is 0.313 e. The average Bonchev–Trinajstić information content (AvgIpc) is 2.54. The number of hydrogen-bond acceptors (Lipinski definition) is 4. The van der Waals surface area contributed by atoms with Gasteiger partial charge in [-0.05, 0) is 37.1 Å². The van der Waals surface area contributed by atoms with Crippen molar-refractivity contribution >= 4 is 27.8 Å². The molecule has 1 aliphatic rings. The fourth-order valence-corrected chi connectivity index (χ4v) is 3.01. The van der Waals surface area contributed by atoms with Crippen LogP contribution in [0.15, 0.2) is 28.7 Å². The molecule has 0 bridgehead atoms. The third-order valence-electron chi connectivity index (χ3n) is 3.98. The SMILES string of the molecule is COCC1(C(=O)O)CCCN(C(=O)COc2ccc(Br)cc2)C1. The zero-order valence-electron chi connectivity index (χ0n) is 13.0. The Morgan fingerprint density at radius 1 is 1.35 bits per heavy atom. The average molecular weight is 386 g/mol. The van der Waals surface area contributed by atoms with Crippen molar-refractivity contribution in [3.05, 3.63) is 28.7 Å². The quantitative estimate of drug-likeness (QED) is 0.811. The normalized spacial score (nSPS) is 21.0. The minimum Gasteiger partial charge on any atom is -0.484 e. The van der Waals surface area contributed by atoms with Gasteiger partial charge in [-0.3, -0.25) is 9.59 Å². The van der Waals surface area contributed by atoms with Crippen LogP contribution >= 0.6 is 15.9 Å². The molecule has 1 fully saturated rings. The van der Waals surface area contributed by atoms with Crippen LogP contribution in [0.1, 0.15) is 12.8 Å². The van der Waals surface area contributed by atoms with E-state index in [1.54, 1.807) is 17.0 Å². The number of methoxy groups -OCH3 is 1. The predicted molar refractivity (Wildman–Crippen MR) is 87.4 cm³/mol. The van der Waals surface area contributed by atoms with E-state index >= 15 is 0 Å². The van der Waals surface area contributed by atoms with Gasteiger partial charge in [0.1, 0.15) is 11.2 Å². The van der Waals surface area contributed by atoms with Gasteiger partial charge in [0, 0.05) is 24.7 Å². The Morgan fingerprint density at radius 3 is 2.65 bits per heavy atom. The van der Waals surface area contributed by atoms with Gasteiger partial charge in [0.25, 0.3) is 5.91 Å². The molecule has 0 radical (unpaired) electrons. The molecule has 1 heterocycles. The van der Waals surface area contributed by atoms with Crippen LogP contribution in [0.4, 0.5) is 0 Å². The summed E-state index contributed by atoms with van der Waals surface area (Å²) in [6.45, 7) is 0.685. The molecule has 1 aliphatic heterocycles. The first-order chi connectivity index (χ1) is 11.0. The summed E-state index contributed by atoms with van der Waals surface area (Å²) < 4.78 is 11.5. The Balaban J connectivity index is 1.96. The molecule has 0 aromatic heterocycles. The molecule has 0 saturated carbocycles. The van der Waals surface area contributed by atoms with Crippen molar-refractivity contribution in [1.29, 1.82) is 0 Å². The summed E-state index contributed by atoms with van der Waals surface area (Å²) in [5, 5.41) is 9.50. The van der Waals surface area contributed by atoms with E-state index in [4.69, 9.17) is 9.47 Å². The first kappa shape index (κ1) is 17.7. The fraction of sp³-hybridized carbons (Fsp3) is 0.500. The van der Waals surface area contributed by atoms with Crippen LogP contribution < -0.4 is 4.74 Å². The highest BCUT2D eigenvalue weighted by atomic mass is 79.9. The van der Waals surface area contributed by atoms with E-state index in [9.17, 15) is 14.7 Å². The van der Waals surface area contributed by atoms with Crippen LogP contribution in [0.2, 0.25) is 0 Å². The number of ether oxygens (including phenoxy) is 2.